The lowest BCUT2D eigenvalue weighted by atomic mass is 10.2. The largest absolute Gasteiger partial charge is 0.386 e. The van der Waals surface area contributed by atoms with Crippen molar-refractivity contribution in [1.82, 2.24) is 9.55 Å². The molecule has 1 heterocycles. The van der Waals surface area contributed by atoms with Crippen LogP contribution in [0, 0.1) is 11.3 Å². The molecule has 2 rings (SSSR count). The fourth-order valence-corrected chi connectivity index (χ4v) is 1.42. The molecule has 1 saturated carbocycles. The average Bonchev–Trinajstić information content (AvgIpc) is 2.84. The lowest BCUT2D eigenvalue weighted by Crippen LogP contribution is -2.04. The molecule has 0 aromatic carbocycles. The number of aliphatic hydroxyl groups is 1. The van der Waals surface area contributed by atoms with Gasteiger partial charge in [0.15, 0.2) is 0 Å². The van der Waals surface area contributed by atoms with Gasteiger partial charge in [0, 0.05) is 6.04 Å². The summed E-state index contributed by atoms with van der Waals surface area (Å²) < 4.78 is 1.97. The molecular weight excluding hydrogens is 166 g/mol. The third kappa shape index (κ3) is 1.56. The zero-order valence-electron chi connectivity index (χ0n) is 7.22. The Labute approximate surface area is 76.4 Å². The molecule has 1 atom stereocenters. The van der Waals surface area contributed by atoms with Crippen molar-refractivity contribution in [3.8, 4) is 6.07 Å². The Balaban J connectivity index is 2.19. The summed E-state index contributed by atoms with van der Waals surface area (Å²) in [6, 6.07) is 2.46. The molecule has 0 bridgehead atoms. The van der Waals surface area contributed by atoms with Crippen molar-refractivity contribution >= 4 is 0 Å². The van der Waals surface area contributed by atoms with Gasteiger partial charge in [0.1, 0.15) is 6.10 Å². The van der Waals surface area contributed by atoms with Crippen LogP contribution in [0.2, 0.25) is 0 Å². The molecule has 1 aromatic heterocycles. The summed E-state index contributed by atoms with van der Waals surface area (Å²) in [6.45, 7) is 0. The van der Waals surface area contributed by atoms with Gasteiger partial charge < -0.3 is 9.67 Å². The highest BCUT2D eigenvalue weighted by Crippen LogP contribution is 2.37. The second kappa shape index (κ2) is 3.19. The van der Waals surface area contributed by atoms with Crippen LogP contribution in [-0.4, -0.2) is 14.7 Å². The predicted octanol–water partition coefficient (Wildman–Crippen LogP) is 1.17. The summed E-state index contributed by atoms with van der Waals surface area (Å²) in [5.41, 5.74) is 0.768. The number of rotatable bonds is 3. The summed E-state index contributed by atoms with van der Waals surface area (Å²) in [6.07, 6.45) is 5.13. The number of aliphatic hydroxyl groups excluding tert-OH is 1. The minimum Gasteiger partial charge on any atom is -0.386 e. The second-order valence-electron chi connectivity index (χ2n) is 3.33. The second-order valence-corrected chi connectivity index (χ2v) is 3.33. The van der Waals surface area contributed by atoms with Crippen LogP contribution in [0.25, 0.3) is 0 Å². The fraction of sp³-hybridized carbons (Fsp3) is 0.556. The third-order valence-electron chi connectivity index (χ3n) is 2.26. The molecule has 1 N–H and O–H groups in total. The third-order valence-corrected chi connectivity index (χ3v) is 2.26. The maximum Gasteiger partial charge on any atom is 0.108 e. The van der Waals surface area contributed by atoms with E-state index in [0.29, 0.717) is 6.04 Å². The first-order chi connectivity index (χ1) is 6.33. The number of nitriles is 1. The van der Waals surface area contributed by atoms with Gasteiger partial charge in [-0.3, -0.25) is 0 Å². The summed E-state index contributed by atoms with van der Waals surface area (Å²) in [5.74, 6) is 0. The van der Waals surface area contributed by atoms with Crippen molar-refractivity contribution < 1.29 is 5.11 Å². The van der Waals surface area contributed by atoms with Crippen molar-refractivity contribution in [1.29, 1.82) is 5.26 Å². The monoisotopic (exact) mass is 177 g/mol. The summed E-state index contributed by atoms with van der Waals surface area (Å²) >= 11 is 0. The zero-order chi connectivity index (χ0) is 9.26. The zero-order valence-corrected chi connectivity index (χ0v) is 7.22. The minimum atomic E-state index is -0.687. The van der Waals surface area contributed by atoms with E-state index in [9.17, 15) is 5.11 Å². The normalized spacial score (nSPS) is 18.2. The first-order valence-electron chi connectivity index (χ1n) is 4.39. The number of aromatic nitrogens is 2. The molecule has 1 aliphatic rings. The van der Waals surface area contributed by atoms with Crippen LogP contribution in [-0.2, 0) is 0 Å². The smallest absolute Gasteiger partial charge is 0.108 e. The first kappa shape index (κ1) is 8.27. The van der Waals surface area contributed by atoms with Crippen molar-refractivity contribution in [2.45, 2.75) is 31.4 Å². The van der Waals surface area contributed by atoms with Gasteiger partial charge in [-0.25, -0.2) is 4.98 Å². The Morgan fingerprint density at radius 3 is 3.15 bits per heavy atom. The van der Waals surface area contributed by atoms with Crippen LogP contribution in [0.3, 0.4) is 0 Å². The lowest BCUT2D eigenvalue weighted by molar-refractivity contribution is 0.173. The SMILES string of the molecule is N#CCC(O)c1cncn1C1CC1. The first-order valence-corrected chi connectivity index (χ1v) is 4.39. The molecule has 0 radical (unpaired) electrons. The van der Waals surface area contributed by atoms with E-state index in [-0.39, 0.29) is 6.42 Å². The van der Waals surface area contributed by atoms with Gasteiger partial charge in [0.2, 0.25) is 0 Å². The van der Waals surface area contributed by atoms with Crippen molar-refractivity contribution in [2.24, 2.45) is 0 Å². The van der Waals surface area contributed by atoms with Crippen LogP contribution in [0.5, 0.6) is 0 Å². The van der Waals surface area contributed by atoms with Crippen LogP contribution in [0.15, 0.2) is 12.5 Å². The van der Waals surface area contributed by atoms with E-state index in [2.05, 4.69) is 4.98 Å². The van der Waals surface area contributed by atoms with Crippen LogP contribution in [0.4, 0.5) is 0 Å². The van der Waals surface area contributed by atoms with Gasteiger partial charge in [0.25, 0.3) is 0 Å². The van der Waals surface area contributed by atoms with Crippen molar-refractivity contribution in [2.75, 3.05) is 0 Å². The molecule has 1 aliphatic carbocycles. The maximum atomic E-state index is 9.58. The minimum absolute atomic E-state index is 0.137. The van der Waals surface area contributed by atoms with Crippen molar-refractivity contribution in [3.63, 3.8) is 0 Å². The Morgan fingerprint density at radius 2 is 2.54 bits per heavy atom. The van der Waals surface area contributed by atoms with Gasteiger partial charge in [-0.2, -0.15) is 5.26 Å². The highest BCUT2D eigenvalue weighted by molar-refractivity contribution is 5.08. The van der Waals surface area contributed by atoms with Gasteiger partial charge in [-0.1, -0.05) is 0 Å². The Hall–Kier alpha value is -1.34. The molecule has 68 valence electrons. The van der Waals surface area contributed by atoms with E-state index in [0.717, 1.165) is 18.5 Å². The van der Waals surface area contributed by atoms with Gasteiger partial charge in [0.05, 0.1) is 30.7 Å². The van der Waals surface area contributed by atoms with Gasteiger partial charge in [-0.15, -0.1) is 0 Å². The maximum absolute atomic E-state index is 9.58. The van der Waals surface area contributed by atoms with Crippen molar-refractivity contribution in [3.05, 3.63) is 18.2 Å². The highest BCUT2D eigenvalue weighted by atomic mass is 16.3. The van der Waals surface area contributed by atoms with Crippen LogP contribution >= 0.6 is 0 Å². The van der Waals surface area contributed by atoms with E-state index >= 15 is 0 Å². The van der Waals surface area contributed by atoms with E-state index in [1.54, 1.807) is 12.5 Å². The molecule has 13 heavy (non-hydrogen) atoms. The van der Waals surface area contributed by atoms with E-state index in [1.165, 1.54) is 0 Å². The number of hydrogen-bond donors (Lipinski definition) is 1. The Bertz CT molecular complexity index is 335. The highest BCUT2D eigenvalue weighted by Gasteiger charge is 2.27. The van der Waals surface area contributed by atoms with E-state index < -0.39 is 6.10 Å². The Kier molecular flexibility index (Phi) is 2.03. The standard InChI is InChI=1S/C9H11N3O/c10-4-3-9(13)8-5-11-6-12(8)7-1-2-7/h5-7,9,13H,1-3H2. The molecule has 1 aromatic rings. The number of imidazole rings is 1. The topological polar surface area (TPSA) is 61.8 Å². The fourth-order valence-electron chi connectivity index (χ4n) is 1.42. The lowest BCUT2D eigenvalue weighted by Gasteiger charge is -2.09. The molecule has 0 spiro atoms. The predicted molar refractivity (Wildman–Crippen MR) is 45.7 cm³/mol. The number of hydrogen-bond acceptors (Lipinski definition) is 3. The Morgan fingerprint density at radius 1 is 1.77 bits per heavy atom. The average molecular weight is 177 g/mol. The molecule has 4 nitrogen and oxygen atoms in total. The van der Waals surface area contributed by atoms with Crippen LogP contribution in [0.1, 0.15) is 37.1 Å². The number of nitrogens with zero attached hydrogens (tertiary/aromatic N) is 3. The van der Waals surface area contributed by atoms with E-state index in [1.807, 2.05) is 10.6 Å². The summed E-state index contributed by atoms with van der Waals surface area (Å²) in [5, 5.41) is 18.0. The van der Waals surface area contributed by atoms with Gasteiger partial charge >= 0.3 is 0 Å². The molecule has 0 aliphatic heterocycles. The molecule has 4 heteroatoms. The molecular formula is C9H11N3O. The quantitative estimate of drug-likeness (QED) is 0.753. The summed E-state index contributed by atoms with van der Waals surface area (Å²) in [4.78, 5) is 3.98. The van der Waals surface area contributed by atoms with Gasteiger partial charge in [-0.05, 0) is 12.8 Å². The molecule has 0 saturated heterocycles. The summed E-state index contributed by atoms with van der Waals surface area (Å²) in [7, 11) is 0. The van der Waals surface area contributed by atoms with Crippen LogP contribution < -0.4 is 0 Å². The van der Waals surface area contributed by atoms with E-state index in [4.69, 9.17) is 5.26 Å². The molecule has 1 fully saturated rings. The molecule has 0 amide bonds. The molecule has 1 unspecified atom stereocenters.